The standard InChI is InChI=1S/C10H10BrF4NO/c11-7-1-2-8(12)6(9(7)13)3-16-4-10(14,15)5-17/h1-2,16-17H,3-5H2. The molecular weight excluding hydrogens is 306 g/mol. The van der Waals surface area contributed by atoms with Crippen LogP contribution in [0.25, 0.3) is 0 Å². The largest absolute Gasteiger partial charge is 0.390 e. The summed E-state index contributed by atoms with van der Waals surface area (Å²) >= 11 is 2.87. The molecule has 0 unspecified atom stereocenters. The summed E-state index contributed by atoms with van der Waals surface area (Å²) in [6, 6.07) is 2.23. The highest BCUT2D eigenvalue weighted by atomic mass is 79.9. The minimum Gasteiger partial charge on any atom is -0.390 e. The van der Waals surface area contributed by atoms with Crippen LogP contribution >= 0.6 is 15.9 Å². The second-order valence-corrected chi connectivity index (χ2v) is 4.29. The Labute approximate surface area is 104 Å². The fourth-order valence-corrected chi connectivity index (χ4v) is 1.53. The fourth-order valence-electron chi connectivity index (χ4n) is 1.16. The van der Waals surface area contributed by atoms with Crippen LogP contribution in [0, 0.1) is 11.6 Å². The van der Waals surface area contributed by atoms with Crippen LogP contribution in [0.5, 0.6) is 0 Å². The van der Waals surface area contributed by atoms with E-state index in [0.717, 1.165) is 6.07 Å². The lowest BCUT2D eigenvalue weighted by Crippen LogP contribution is -2.35. The lowest BCUT2D eigenvalue weighted by molar-refractivity contribution is -0.0478. The van der Waals surface area contributed by atoms with Crippen molar-refractivity contribution >= 4 is 15.9 Å². The molecule has 0 fully saturated rings. The third kappa shape index (κ3) is 3.93. The number of nitrogens with one attached hydrogen (secondary N) is 1. The first-order valence-electron chi connectivity index (χ1n) is 4.69. The van der Waals surface area contributed by atoms with E-state index in [9.17, 15) is 17.6 Å². The van der Waals surface area contributed by atoms with Crippen LogP contribution in [-0.4, -0.2) is 24.2 Å². The van der Waals surface area contributed by atoms with E-state index in [0.29, 0.717) is 0 Å². The van der Waals surface area contributed by atoms with Crippen LogP contribution in [0.15, 0.2) is 16.6 Å². The Morgan fingerprint density at radius 2 is 1.94 bits per heavy atom. The van der Waals surface area contributed by atoms with Gasteiger partial charge in [-0.2, -0.15) is 0 Å². The second-order valence-electron chi connectivity index (χ2n) is 3.44. The van der Waals surface area contributed by atoms with Crippen LogP contribution < -0.4 is 5.32 Å². The molecule has 0 amide bonds. The predicted octanol–water partition coefficient (Wildman–Crippen LogP) is 2.44. The lowest BCUT2D eigenvalue weighted by atomic mass is 10.2. The van der Waals surface area contributed by atoms with Gasteiger partial charge in [0.05, 0.1) is 11.0 Å². The quantitative estimate of drug-likeness (QED) is 0.646. The van der Waals surface area contributed by atoms with Gasteiger partial charge in [-0.25, -0.2) is 17.6 Å². The van der Waals surface area contributed by atoms with Gasteiger partial charge in [-0.3, -0.25) is 0 Å². The molecule has 0 spiro atoms. The van der Waals surface area contributed by atoms with E-state index >= 15 is 0 Å². The molecule has 0 saturated heterocycles. The molecule has 2 nitrogen and oxygen atoms in total. The van der Waals surface area contributed by atoms with Gasteiger partial charge in [-0.05, 0) is 28.1 Å². The first-order chi connectivity index (χ1) is 7.87. The molecule has 1 aromatic carbocycles. The summed E-state index contributed by atoms with van der Waals surface area (Å²) in [6.07, 6.45) is 0. The van der Waals surface area contributed by atoms with Crippen LogP contribution in [-0.2, 0) is 6.54 Å². The van der Waals surface area contributed by atoms with Gasteiger partial charge in [0.15, 0.2) is 0 Å². The molecule has 1 rings (SSSR count). The summed E-state index contributed by atoms with van der Waals surface area (Å²) in [7, 11) is 0. The minimum atomic E-state index is -3.31. The molecule has 0 heterocycles. The van der Waals surface area contributed by atoms with Gasteiger partial charge in [-0.15, -0.1) is 0 Å². The molecule has 7 heteroatoms. The number of benzene rings is 1. The van der Waals surface area contributed by atoms with Gasteiger partial charge >= 0.3 is 0 Å². The highest BCUT2D eigenvalue weighted by Gasteiger charge is 2.27. The van der Waals surface area contributed by atoms with E-state index in [4.69, 9.17) is 5.11 Å². The van der Waals surface area contributed by atoms with Crippen LogP contribution in [0.1, 0.15) is 5.56 Å². The van der Waals surface area contributed by atoms with E-state index in [1.165, 1.54) is 6.07 Å². The zero-order valence-corrected chi connectivity index (χ0v) is 10.2. The second kappa shape index (κ2) is 5.79. The molecule has 0 atom stereocenters. The van der Waals surface area contributed by atoms with Crippen molar-refractivity contribution in [2.75, 3.05) is 13.2 Å². The first kappa shape index (κ1) is 14.4. The van der Waals surface area contributed by atoms with Crippen molar-refractivity contribution in [1.82, 2.24) is 5.32 Å². The van der Waals surface area contributed by atoms with Gasteiger partial charge < -0.3 is 10.4 Å². The third-order valence-corrected chi connectivity index (χ3v) is 2.67. The Hall–Kier alpha value is -0.660. The highest BCUT2D eigenvalue weighted by Crippen LogP contribution is 2.21. The van der Waals surface area contributed by atoms with Gasteiger partial charge in [0.25, 0.3) is 5.92 Å². The smallest absolute Gasteiger partial charge is 0.282 e. The maximum Gasteiger partial charge on any atom is 0.282 e. The Morgan fingerprint density at radius 3 is 2.53 bits per heavy atom. The molecular formula is C10H10BrF4NO. The van der Waals surface area contributed by atoms with Crippen molar-refractivity contribution < 1.29 is 22.7 Å². The van der Waals surface area contributed by atoms with E-state index in [1.807, 2.05) is 0 Å². The molecule has 0 aliphatic carbocycles. The summed E-state index contributed by atoms with van der Waals surface area (Å²) in [4.78, 5) is 0. The number of alkyl halides is 2. The number of aliphatic hydroxyl groups is 1. The van der Waals surface area contributed by atoms with Gasteiger partial charge in [-0.1, -0.05) is 0 Å². The average Bonchev–Trinajstić information content (AvgIpc) is 2.28. The van der Waals surface area contributed by atoms with Crippen molar-refractivity contribution in [1.29, 1.82) is 0 Å². The summed E-state index contributed by atoms with van der Waals surface area (Å²) in [5.41, 5.74) is -0.326. The van der Waals surface area contributed by atoms with Gasteiger partial charge in [0.2, 0.25) is 0 Å². The number of hydrogen-bond donors (Lipinski definition) is 2. The maximum atomic E-state index is 13.4. The molecule has 2 N–H and O–H groups in total. The molecule has 17 heavy (non-hydrogen) atoms. The van der Waals surface area contributed by atoms with Crippen molar-refractivity contribution in [2.45, 2.75) is 12.5 Å². The Kier molecular flexibility index (Phi) is 4.91. The Morgan fingerprint density at radius 1 is 1.29 bits per heavy atom. The zero-order valence-electron chi connectivity index (χ0n) is 8.61. The topological polar surface area (TPSA) is 32.3 Å². The number of rotatable bonds is 5. The molecule has 0 saturated carbocycles. The van der Waals surface area contributed by atoms with Gasteiger partial charge in [0.1, 0.15) is 18.2 Å². The fraction of sp³-hybridized carbons (Fsp3) is 0.400. The number of hydrogen-bond acceptors (Lipinski definition) is 2. The third-order valence-electron chi connectivity index (χ3n) is 2.06. The molecule has 0 radical (unpaired) electrons. The molecule has 96 valence electrons. The van der Waals surface area contributed by atoms with Crippen molar-refractivity contribution in [3.05, 3.63) is 33.8 Å². The molecule has 0 aliphatic rings. The van der Waals surface area contributed by atoms with Gasteiger partial charge in [0, 0.05) is 12.1 Å². The van der Waals surface area contributed by atoms with Crippen molar-refractivity contribution in [3.63, 3.8) is 0 Å². The van der Waals surface area contributed by atoms with Crippen LogP contribution in [0.4, 0.5) is 17.6 Å². The van der Waals surface area contributed by atoms with Crippen LogP contribution in [0.3, 0.4) is 0 Å². The molecule has 1 aromatic rings. The monoisotopic (exact) mass is 315 g/mol. The summed E-state index contributed by atoms with van der Waals surface area (Å²) in [5.74, 6) is -4.95. The average molecular weight is 316 g/mol. The van der Waals surface area contributed by atoms with E-state index < -0.39 is 30.7 Å². The van der Waals surface area contributed by atoms with Crippen molar-refractivity contribution in [2.24, 2.45) is 0 Å². The van der Waals surface area contributed by atoms with E-state index in [-0.39, 0.29) is 16.6 Å². The van der Waals surface area contributed by atoms with E-state index in [1.54, 1.807) is 0 Å². The lowest BCUT2D eigenvalue weighted by Gasteiger charge is -2.14. The summed E-state index contributed by atoms with van der Waals surface area (Å²) < 4.78 is 51.9. The van der Waals surface area contributed by atoms with Crippen molar-refractivity contribution in [3.8, 4) is 0 Å². The SMILES string of the molecule is OCC(F)(F)CNCc1c(F)ccc(Br)c1F. The normalized spacial score (nSPS) is 11.9. The predicted molar refractivity (Wildman–Crippen MR) is 57.8 cm³/mol. The van der Waals surface area contributed by atoms with E-state index in [2.05, 4.69) is 21.2 Å². The Bertz CT molecular complexity index is 400. The first-order valence-corrected chi connectivity index (χ1v) is 5.48. The Balaban J connectivity index is 2.67. The maximum absolute atomic E-state index is 13.4. The number of aliphatic hydroxyl groups excluding tert-OH is 1. The minimum absolute atomic E-state index is 0.0598. The summed E-state index contributed by atoms with van der Waals surface area (Å²) in [6.45, 7) is -2.55. The number of halogens is 5. The summed E-state index contributed by atoms with van der Waals surface area (Å²) in [5, 5.41) is 10.5. The molecule has 0 aromatic heterocycles. The molecule has 0 aliphatic heterocycles. The zero-order chi connectivity index (χ0) is 13.1. The highest BCUT2D eigenvalue weighted by molar-refractivity contribution is 9.10. The van der Waals surface area contributed by atoms with Crippen LogP contribution in [0.2, 0.25) is 0 Å². The molecule has 0 bridgehead atoms.